The van der Waals surface area contributed by atoms with Crippen molar-refractivity contribution in [1.82, 2.24) is 10.2 Å². The maximum atomic E-state index is 12.7. The van der Waals surface area contributed by atoms with Crippen molar-refractivity contribution in [3.63, 3.8) is 0 Å². The predicted octanol–water partition coefficient (Wildman–Crippen LogP) is 1.69. The van der Waals surface area contributed by atoms with Gasteiger partial charge >= 0.3 is 0 Å². The van der Waals surface area contributed by atoms with Crippen LogP contribution in [0.15, 0.2) is 30.3 Å². The average Bonchev–Trinajstić information content (AvgIpc) is 3.00. The van der Waals surface area contributed by atoms with Crippen LogP contribution in [-0.4, -0.2) is 36.5 Å². The minimum Gasteiger partial charge on any atom is -0.339 e. The zero-order valence-corrected chi connectivity index (χ0v) is 11.8. The first-order chi connectivity index (χ1) is 9.83. The topological polar surface area (TPSA) is 32.3 Å². The van der Waals surface area contributed by atoms with Gasteiger partial charge in [-0.05, 0) is 42.7 Å². The molecule has 3 aliphatic heterocycles. The summed E-state index contributed by atoms with van der Waals surface area (Å²) in [5.74, 6) is 2.60. The second-order valence-corrected chi connectivity index (χ2v) is 6.60. The molecule has 0 unspecified atom stereocenters. The fourth-order valence-electron chi connectivity index (χ4n) is 4.63. The van der Waals surface area contributed by atoms with Crippen molar-refractivity contribution < 1.29 is 4.79 Å². The van der Waals surface area contributed by atoms with E-state index >= 15 is 0 Å². The number of nitrogens with zero attached hydrogens (tertiary/aromatic N) is 1. The van der Waals surface area contributed by atoms with E-state index in [1.165, 1.54) is 19.4 Å². The predicted molar refractivity (Wildman–Crippen MR) is 78.2 cm³/mol. The fraction of sp³-hybridized carbons (Fsp3) is 0.588. The summed E-state index contributed by atoms with van der Waals surface area (Å²) in [6.45, 7) is 3.28. The molecule has 20 heavy (non-hydrogen) atoms. The molecule has 1 N–H and O–H groups in total. The Morgan fingerprint density at radius 3 is 2.80 bits per heavy atom. The third kappa shape index (κ3) is 1.96. The number of amides is 1. The number of carbonyl (C=O) groups is 1. The molecule has 1 aromatic rings. The second kappa shape index (κ2) is 4.88. The highest BCUT2D eigenvalue weighted by Crippen LogP contribution is 2.45. The number of fused-ring (bicyclic) bond motifs is 2. The lowest BCUT2D eigenvalue weighted by Crippen LogP contribution is -2.59. The van der Waals surface area contributed by atoms with Gasteiger partial charge in [-0.1, -0.05) is 30.3 Å². The molecule has 4 aliphatic rings. The quantitative estimate of drug-likeness (QED) is 0.887. The monoisotopic (exact) mass is 270 g/mol. The Morgan fingerprint density at radius 1 is 1.15 bits per heavy atom. The first-order valence-corrected chi connectivity index (χ1v) is 7.87. The largest absolute Gasteiger partial charge is 0.339 e. The fourth-order valence-corrected chi connectivity index (χ4v) is 4.63. The summed E-state index contributed by atoms with van der Waals surface area (Å²) in [5.41, 5.74) is 1.14. The third-order valence-electron chi connectivity index (χ3n) is 5.59. The van der Waals surface area contributed by atoms with E-state index in [0.717, 1.165) is 30.5 Å². The summed E-state index contributed by atoms with van der Waals surface area (Å²) in [6, 6.07) is 10.6. The molecule has 1 aromatic carbocycles. The molecule has 3 heterocycles. The first kappa shape index (κ1) is 12.4. The number of rotatable bonds is 2. The summed E-state index contributed by atoms with van der Waals surface area (Å²) in [5, 5.41) is 3.54. The molecular weight excluding hydrogens is 248 g/mol. The Morgan fingerprint density at radius 2 is 1.95 bits per heavy atom. The van der Waals surface area contributed by atoms with Crippen LogP contribution in [-0.2, 0) is 11.2 Å². The van der Waals surface area contributed by atoms with Crippen LogP contribution in [0.5, 0.6) is 0 Å². The van der Waals surface area contributed by atoms with E-state index in [4.69, 9.17) is 0 Å². The van der Waals surface area contributed by atoms with Gasteiger partial charge in [-0.2, -0.15) is 0 Å². The molecule has 1 aliphatic carbocycles. The molecule has 106 valence electrons. The van der Waals surface area contributed by atoms with E-state index in [-0.39, 0.29) is 0 Å². The van der Waals surface area contributed by atoms with Crippen LogP contribution < -0.4 is 5.32 Å². The van der Waals surface area contributed by atoms with Gasteiger partial charge in [0, 0.05) is 19.1 Å². The maximum Gasteiger partial charge on any atom is 0.227 e. The second-order valence-electron chi connectivity index (χ2n) is 6.60. The highest BCUT2D eigenvalue weighted by Gasteiger charge is 2.50. The zero-order valence-electron chi connectivity index (χ0n) is 11.8. The van der Waals surface area contributed by atoms with Crippen molar-refractivity contribution >= 4 is 5.91 Å². The number of nitrogens with one attached hydrogen (secondary N) is 1. The van der Waals surface area contributed by atoms with Gasteiger partial charge < -0.3 is 10.2 Å². The van der Waals surface area contributed by atoms with Gasteiger partial charge in [0.05, 0.1) is 6.42 Å². The molecule has 4 atom stereocenters. The van der Waals surface area contributed by atoms with Crippen molar-refractivity contribution in [2.75, 3.05) is 19.6 Å². The van der Waals surface area contributed by atoms with Crippen molar-refractivity contribution in [2.45, 2.75) is 25.3 Å². The molecule has 0 spiro atoms. The standard InChI is InChI=1S/C17H22N2O/c20-17(8-12-4-2-1-3-5-12)19-11-13-6-7-16(19)15-10-18-9-14(13)15/h1-5,13-16,18H,6-11H2/t13-,14-,15-,16+/m1/s1. The van der Waals surface area contributed by atoms with Crippen molar-refractivity contribution in [3.8, 4) is 0 Å². The Labute approximate surface area is 120 Å². The molecule has 0 radical (unpaired) electrons. The van der Waals surface area contributed by atoms with Gasteiger partial charge in [0.2, 0.25) is 5.91 Å². The Hall–Kier alpha value is -1.35. The van der Waals surface area contributed by atoms with E-state index in [0.29, 0.717) is 24.3 Å². The van der Waals surface area contributed by atoms with E-state index in [2.05, 4.69) is 22.3 Å². The number of carbonyl (C=O) groups excluding carboxylic acids is 1. The smallest absolute Gasteiger partial charge is 0.227 e. The van der Waals surface area contributed by atoms with Crippen LogP contribution in [0.2, 0.25) is 0 Å². The lowest BCUT2D eigenvalue weighted by Gasteiger charge is -2.52. The van der Waals surface area contributed by atoms with E-state index in [1.54, 1.807) is 0 Å². The third-order valence-corrected chi connectivity index (χ3v) is 5.59. The summed E-state index contributed by atoms with van der Waals surface area (Å²) in [7, 11) is 0. The van der Waals surface area contributed by atoms with Crippen LogP contribution in [0.4, 0.5) is 0 Å². The SMILES string of the molecule is O=C(Cc1ccccc1)N1C[C@H]2CC[C@H]1[C@@H]1CNC[C@H]21. The Balaban J connectivity index is 1.50. The highest BCUT2D eigenvalue weighted by molar-refractivity contribution is 5.79. The lowest BCUT2D eigenvalue weighted by molar-refractivity contribution is -0.142. The van der Waals surface area contributed by atoms with E-state index in [1.807, 2.05) is 18.2 Å². The van der Waals surface area contributed by atoms with Crippen LogP contribution in [0, 0.1) is 17.8 Å². The first-order valence-electron chi connectivity index (χ1n) is 7.87. The van der Waals surface area contributed by atoms with E-state index in [9.17, 15) is 4.79 Å². The molecule has 1 saturated carbocycles. The van der Waals surface area contributed by atoms with Crippen LogP contribution in [0.1, 0.15) is 18.4 Å². The molecule has 3 saturated heterocycles. The zero-order chi connectivity index (χ0) is 13.5. The summed E-state index contributed by atoms with van der Waals surface area (Å²) in [6.07, 6.45) is 3.10. The van der Waals surface area contributed by atoms with Crippen LogP contribution in [0.3, 0.4) is 0 Å². The highest BCUT2D eigenvalue weighted by atomic mass is 16.2. The Kier molecular flexibility index (Phi) is 3.03. The van der Waals surface area contributed by atoms with Gasteiger partial charge in [0.1, 0.15) is 0 Å². The normalized spacial score (nSPS) is 35.1. The van der Waals surface area contributed by atoms with Gasteiger partial charge in [-0.25, -0.2) is 0 Å². The molecule has 5 rings (SSSR count). The van der Waals surface area contributed by atoms with Crippen molar-refractivity contribution in [3.05, 3.63) is 35.9 Å². The number of benzene rings is 1. The lowest BCUT2D eigenvalue weighted by atomic mass is 9.66. The van der Waals surface area contributed by atoms with Gasteiger partial charge in [0.25, 0.3) is 0 Å². The molecule has 0 aromatic heterocycles. The van der Waals surface area contributed by atoms with E-state index < -0.39 is 0 Å². The average molecular weight is 270 g/mol. The molecule has 1 amide bonds. The number of piperidine rings is 2. The molecular formula is C17H22N2O. The van der Waals surface area contributed by atoms with Gasteiger partial charge in [-0.3, -0.25) is 4.79 Å². The summed E-state index contributed by atoms with van der Waals surface area (Å²) >= 11 is 0. The van der Waals surface area contributed by atoms with Crippen molar-refractivity contribution in [1.29, 1.82) is 0 Å². The van der Waals surface area contributed by atoms with Crippen LogP contribution >= 0.6 is 0 Å². The number of hydrogen-bond donors (Lipinski definition) is 1. The minimum absolute atomic E-state index is 0.330. The number of hydrogen-bond acceptors (Lipinski definition) is 2. The molecule has 4 fully saturated rings. The molecule has 3 nitrogen and oxygen atoms in total. The molecule has 2 bridgehead atoms. The van der Waals surface area contributed by atoms with Crippen LogP contribution in [0.25, 0.3) is 0 Å². The van der Waals surface area contributed by atoms with Crippen molar-refractivity contribution in [2.24, 2.45) is 17.8 Å². The van der Waals surface area contributed by atoms with Gasteiger partial charge in [-0.15, -0.1) is 0 Å². The Bertz CT molecular complexity index is 501. The summed E-state index contributed by atoms with van der Waals surface area (Å²) < 4.78 is 0. The van der Waals surface area contributed by atoms with Gasteiger partial charge in [0.15, 0.2) is 0 Å². The summed E-state index contributed by atoms with van der Waals surface area (Å²) in [4.78, 5) is 14.9. The maximum absolute atomic E-state index is 12.7. The minimum atomic E-state index is 0.330. The molecule has 3 heteroatoms.